The van der Waals surface area contributed by atoms with E-state index in [4.69, 9.17) is 0 Å². The molecule has 3 aliphatic rings. The van der Waals surface area contributed by atoms with Gasteiger partial charge in [0, 0.05) is 49.9 Å². The maximum absolute atomic E-state index is 13.4. The van der Waals surface area contributed by atoms with Gasteiger partial charge in [0.1, 0.15) is 0 Å². The van der Waals surface area contributed by atoms with Gasteiger partial charge < -0.3 is 4.90 Å². The Hall–Kier alpha value is -2.20. The van der Waals surface area contributed by atoms with Crippen molar-refractivity contribution >= 4 is 5.91 Å². The maximum atomic E-state index is 13.4. The molecular weight excluding hydrogens is 358 g/mol. The highest BCUT2D eigenvalue weighted by Crippen LogP contribution is 2.40. The Morgan fingerprint density at radius 2 is 1.79 bits per heavy atom. The summed E-state index contributed by atoms with van der Waals surface area (Å²) in [5.74, 6) is 0.665. The van der Waals surface area contributed by atoms with Crippen LogP contribution in [0.4, 0.5) is 0 Å². The summed E-state index contributed by atoms with van der Waals surface area (Å²) in [7, 11) is 0. The molecule has 2 aliphatic heterocycles. The van der Waals surface area contributed by atoms with Gasteiger partial charge in [-0.1, -0.05) is 37.1 Å². The number of aromatic nitrogens is 1. The number of pyridine rings is 1. The van der Waals surface area contributed by atoms with Gasteiger partial charge in [-0.3, -0.25) is 14.7 Å². The molecule has 2 fully saturated rings. The number of benzene rings is 1. The summed E-state index contributed by atoms with van der Waals surface area (Å²) in [5.41, 5.74) is 4.29. The van der Waals surface area contributed by atoms with Crippen LogP contribution in [0.15, 0.2) is 48.8 Å². The third kappa shape index (κ3) is 3.95. The van der Waals surface area contributed by atoms with Crippen molar-refractivity contribution < 1.29 is 4.79 Å². The number of carbonyl (C=O) groups is 1. The van der Waals surface area contributed by atoms with Gasteiger partial charge in [-0.25, -0.2) is 0 Å². The van der Waals surface area contributed by atoms with E-state index in [1.54, 1.807) is 0 Å². The van der Waals surface area contributed by atoms with E-state index >= 15 is 0 Å². The molecule has 0 N–H and O–H groups in total. The average molecular weight is 390 g/mol. The van der Waals surface area contributed by atoms with E-state index in [-0.39, 0.29) is 11.3 Å². The zero-order valence-electron chi connectivity index (χ0n) is 17.2. The lowest BCUT2D eigenvalue weighted by Gasteiger charge is -2.34. The Bertz CT molecular complexity index is 861. The number of amides is 1. The van der Waals surface area contributed by atoms with Crippen molar-refractivity contribution in [1.29, 1.82) is 0 Å². The zero-order valence-corrected chi connectivity index (χ0v) is 17.2. The number of carbonyl (C=O) groups excluding carboxylic acids is 1. The highest BCUT2D eigenvalue weighted by molar-refractivity contribution is 5.79. The van der Waals surface area contributed by atoms with Gasteiger partial charge in [-0.05, 0) is 61.1 Å². The second-order valence-electron chi connectivity index (χ2n) is 9.44. The summed E-state index contributed by atoms with van der Waals surface area (Å²) < 4.78 is 0. The summed E-state index contributed by atoms with van der Waals surface area (Å²) >= 11 is 0. The molecule has 1 atom stereocenters. The molecule has 1 spiro atoms. The van der Waals surface area contributed by atoms with Gasteiger partial charge in [0.15, 0.2) is 0 Å². The van der Waals surface area contributed by atoms with E-state index < -0.39 is 0 Å². The topological polar surface area (TPSA) is 36.4 Å². The van der Waals surface area contributed by atoms with E-state index in [1.807, 2.05) is 12.4 Å². The lowest BCUT2D eigenvalue weighted by atomic mass is 9.80. The normalized spacial score (nSPS) is 25.3. The molecule has 4 heteroatoms. The van der Waals surface area contributed by atoms with Crippen molar-refractivity contribution in [3.05, 3.63) is 65.5 Å². The Balaban J connectivity index is 1.39. The van der Waals surface area contributed by atoms with Crippen molar-refractivity contribution in [2.24, 2.45) is 11.3 Å². The summed E-state index contributed by atoms with van der Waals surface area (Å²) in [6, 6.07) is 13.0. The first-order chi connectivity index (χ1) is 14.2. The van der Waals surface area contributed by atoms with Crippen LogP contribution in [0.1, 0.15) is 48.8 Å². The molecule has 1 saturated heterocycles. The Kier molecular flexibility index (Phi) is 5.13. The molecule has 1 unspecified atom stereocenters. The van der Waals surface area contributed by atoms with Crippen molar-refractivity contribution in [1.82, 2.24) is 14.8 Å². The Labute approximate surface area is 173 Å². The summed E-state index contributed by atoms with van der Waals surface area (Å²) in [5, 5.41) is 0. The van der Waals surface area contributed by atoms with Crippen LogP contribution in [0.2, 0.25) is 0 Å². The van der Waals surface area contributed by atoms with Gasteiger partial charge >= 0.3 is 0 Å². The number of hydrogen-bond acceptors (Lipinski definition) is 3. The minimum Gasteiger partial charge on any atom is -0.338 e. The number of fused-ring (bicyclic) bond motifs is 1. The molecule has 0 radical (unpaired) electrons. The standard InChI is InChI=1S/C25H31N3O/c29-24(21-5-1-2-6-21)28-17-23-8-4-3-7-22(23)15-25(19-28)11-14-27(18-25)16-20-9-12-26-13-10-20/h3-4,7-10,12-13,21H,1-2,5-6,11,14-19H2. The molecule has 2 aromatic rings. The van der Waals surface area contributed by atoms with Gasteiger partial charge in [0.2, 0.25) is 5.91 Å². The zero-order chi connectivity index (χ0) is 19.7. The fourth-order valence-electron chi connectivity index (χ4n) is 5.78. The fourth-order valence-corrected chi connectivity index (χ4v) is 5.78. The molecule has 1 aliphatic carbocycles. The lowest BCUT2D eigenvalue weighted by molar-refractivity contribution is -0.137. The molecule has 29 heavy (non-hydrogen) atoms. The van der Waals surface area contributed by atoms with Gasteiger partial charge in [0.25, 0.3) is 0 Å². The molecule has 3 heterocycles. The molecule has 1 aromatic carbocycles. The van der Waals surface area contributed by atoms with Crippen molar-refractivity contribution in [2.75, 3.05) is 19.6 Å². The number of likely N-dealkylation sites (tertiary alicyclic amines) is 1. The molecule has 152 valence electrons. The Morgan fingerprint density at radius 3 is 2.59 bits per heavy atom. The van der Waals surface area contributed by atoms with Crippen LogP contribution >= 0.6 is 0 Å². The van der Waals surface area contributed by atoms with Crippen LogP contribution in [-0.2, 0) is 24.3 Å². The molecule has 0 bridgehead atoms. The van der Waals surface area contributed by atoms with Gasteiger partial charge in [-0.15, -0.1) is 0 Å². The predicted molar refractivity (Wildman–Crippen MR) is 114 cm³/mol. The third-order valence-electron chi connectivity index (χ3n) is 7.26. The molecule has 1 amide bonds. The van der Waals surface area contributed by atoms with E-state index in [1.165, 1.54) is 36.0 Å². The SMILES string of the molecule is O=C(C1CCCC1)N1Cc2ccccc2CC2(CCN(Cc3ccncc3)C2)C1. The van der Waals surface area contributed by atoms with Gasteiger partial charge in [-0.2, -0.15) is 0 Å². The van der Waals surface area contributed by atoms with Crippen molar-refractivity contribution in [3.63, 3.8) is 0 Å². The highest BCUT2D eigenvalue weighted by Gasteiger charge is 2.43. The molecule has 5 rings (SSSR count). The van der Waals surface area contributed by atoms with Crippen LogP contribution < -0.4 is 0 Å². The maximum Gasteiger partial charge on any atom is 0.225 e. The number of hydrogen-bond donors (Lipinski definition) is 0. The largest absolute Gasteiger partial charge is 0.338 e. The first-order valence-electron chi connectivity index (χ1n) is 11.2. The molecule has 1 saturated carbocycles. The number of nitrogens with zero attached hydrogens (tertiary/aromatic N) is 3. The van der Waals surface area contributed by atoms with Crippen LogP contribution in [0, 0.1) is 11.3 Å². The smallest absolute Gasteiger partial charge is 0.225 e. The minimum absolute atomic E-state index is 0.175. The van der Waals surface area contributed by atoms with Gasteiger partial charge in [0.05, 0.1) is 0 Å². The molecule has 4 nitrogen and oxygen atoms in total. The van der Waals surface area contributed by atoms with Crippen molar-refractivity contribution in [2.45, 2.75) is 51.6 Å². The van der Waals surface area contributed by atoms with Crippen LogP contribution in [-0.4, -0.2) is 40.3 Å². The van der Waals surface area contributed by atoms with Crippen LogP contribution in [0.5, 0.6) is 0 Å². The first-order valence-corrected chi connectivity index (χ1v) is 11.2. The summed E-state index contributed by atoms with van der Waals surface area (Å²) in [4.78, 5) is 22.3. The van der Waals surface area contributed by atoms with E-state index in [9.17, 15) is 4.79 Å². The van der Waals surface area contributed by atoms with Crippen molar-refractivity contribution in [3.8, 4) is 0 Å². The summed E-state index contributed by atoms with van der Waals surface area (Å²) in [6.07, 6.45) is 10.6. The van der Waals surface area contributed by atoms with Crippen LogP contribution in [0.3, 0.4) is 0 Å². The monoisotopic (exact) mass is 389 g/mol. The molecule has 1 aromatic heterocycles. The molecular formula is C25H31N3O. The van der Waals surface area contributed by atoms with E-state index in [0.717, 1.165) is 52.0 Å². The lowest BCUT2D eigenvalue weighted by Crippen LogP contribution is -2.43. The minimum atomic E-state index is 0.175. The summed E-state index contributed by atoms with van der Waals surface area (Å²) in [6.45, 7) is 4.85. The quantitative estimate of drug-likeness (QED) is 0.795. The highest BCUT2D eigenvalue weighted by atomic mass is 16.2. The second kappa shape index (κ2) is 7.91. The van der Waals surface area contributed by atoms with E-state index in [2.05, 4.69) is 51.2 Å². The number of rotatable bonds is 3. The van der Waals surface area contributed by atoms with Crippen LogP contribution in [0.25, 0.3) is 0 Å². The third-order valence-corrected chi connectivity index (χ3v) is 7.26. The first kappa shape index (κ1) is 18.8. The average Bonchev–Trinajstić information content (AvgIpc) is 3.36. The fraction of sp³-hybridized carbons (Fsp3) is 0.520. The van der Waals surface area contributed by atoms with E-state index in [0.29, 0.717) is 5.91 Å². The Morgan fingerprint density at radius 1 is 1.03 bits per heavy atom. The predicted octanol–water partition coefficient (Wildman–Crippen LogP) is 4.05. The second-order valence-corrected chi connectivity index (χ2v) is 9.44.